The summed E-state index contributed by atoms with van der Waals surface area (Å²) in [7, 11) is 0. The third-order valence-electron chi connectivity index (χ3n) is 4.58. The summed E-state index contributed by atoms with van der Waals surface area (Å²) in [5.74, 6) is -0.683. The van der Waals surface area contributed by atoms with Gasteiger partial charge in [-0.1, -0.05) is 76.1 Å². The lowest BCUT2D eigenvalue weighted by Crippen LogP contribution is -2.32. The van der Waals surface area contributed by atoms with Gasteiger partial charge in [0.25, 0.3) is 11.8 Å². The van der Waals surface area contributed by atoms with E-state index in [1.807, 2.05) is 66.7 Å². The zero-order valence-electron chi connectivity index (χ0n) is 15.2. The van der Waals surface area contributed by atoms with E-state index in [0.29, 0.717) is 16.2 Å². The number of nitrogens with one attached hydrogen (secondary N) is 1. The van der Waals surface area contributed by atoms with Crippen molar-refractivity contribution in [1.82, 2.24) is 4.90 Å². The highest BCUT2D eigenvalue weighted by Crippen LogP contribution is 2.32. The van der Waals surface area contributed by atoms with Crippen LogP contribution in [0.1, 0.15) is 11.1 Å². The maximum Gasteiger partial charge on any atom is 0.278 e. The molecule has 0 atom stereocenters. The first-order chi connectivity index (χ1) is 14.0. The average Bonchev–Trinajstić information content (AvgIpc) is 2.94. The number of hydrogen-bond donors (Lipinski definition) is 1. The largest absolute Gasteiger partial charge is 0.350 e. The average molecular weight is 468 g/mol. The minimum Gasteiger partial charge on any atom is -0.350 e. The summed E-state index contributed by atoms with van der Waals surface area (Å²) in [5, 5.41) is 3.76. The van der Waals surface area contributed by atoms with Crippen molar-refractivity contribution in [2.24, 2.45) is 0 Å². The van der Waals surface area contributed by atoms with Crippen LogP contribution in [0.3, 0.4) is 0 Å². The molecule has 0 aliphatic carbocycles. The SMILES string of the molecule is O=C1C(Nc2cccc(Br)c2)=C(c2ccccc2)C(=O)N1Cc1ccc(Cl)cc1. The maximum atomic E-state index is 13.2. The molecule has 144 valence electrons. The van der Waals surface area contributed by atoms with Gasteiger partial charge in [-0.25, -0.2) is 0 Å². The highest BCUT2D eigenvalue weighted by molar-refractivity contribution is 9.10. The first-order valence-electron chi connectivity index (χ1n) is 8.96. The lowest BCUT2D eigenvalue weighted by atomic mass is 10.0. The van der Waals surface area contributed by atoms with E-state index in [0.717, 1.165) is 15.7 Å². The van der Waals surface area contributed by atoms with E-state index in [9.17, 15) is 9.59 Å². The molecule has 6 heteroatoms. The molecule has 3 aromatic carbocycles. The number of rotatable bonds is 5. The molecule has 0 bridgehead atoms. The predicted octanol–water partition coefficient (Wildman–Crippen LogP) is 5.49. The lowest BCUT2D eigenvalue weighted by molar-refractivity contribution is -0.137. The topological polar surface area (TPSA) is 49.4 Å². The number of amides is 2. The van der Waals surface area contributed by atoms with E-state index < -0.39 is 0 Å². The molecule has 4 rings (SSSR count). The van der Waals surface area contributed by atoms with Gasteiger partial charge in [0, 0.05) is 15.2 Å². The molecule has 0 spiro atoms. The molecule has 0 aromatic heterocycles. The Balaban J connectivity index is 1.72. The molecular formula is C23H16BrClN2O2. The second kappa shape index (κ2) is 8.23. The van der Waals surface area contributed by atoms with E-state index >= 15 is 0 Å². The van der Waals surface area contributed by atoms with Gasteiger partial charge < -0.3 is 5.32 Å². The zero-order chi connectivity index (χ0) is 20.4. The Kier molecular flexibility index (Phi) is 5.51. The van der Waals surface area contributed by atoms with Crippen molar-refractivity contribution in [2.45, 2.75) is 6.54 Å². The van der Waals surface area contributed by atoms with E-state index in [1.165, 1.54) is 4.90 Å². The number of imide groups is 1. The van der Waals surface area contributed by atoms with E-state index in [-0.39, 0.29) is 24.1 Å². The Bertz CT molecular complexity index is 1110. The van der Waals surface area contributed by atoms with Crippen LogP contribution in [-0.4, -0.2) is 16.7 Å². The monoisotopic (exact) mass is 466 g/mol. The van der Waals surface area contributed by atoms with Gasteiger partial charge in [-0.15, -0.1) is 0 Å². The van der Waals surface area contributed by atoms with Gasteiger partial charge in [-0.2, -0.15) is 0 Å². The van der Waals surface area contributed by atoms with Crippen molar-refractivity contribution in [3.8, 4) is 0 Å². The second-order valence-electron chi connectivity index (χ2n) is 6.57. The Hall–Kier alpha value is -2.89. The summed E-state index contributed by atoms with van der Waals surface area (Å²) in [5.41, 5.74) is 2.88. The summed E-state index contributed by atoms with van der Waals surface area (Å²) in [4.78, 5) is 27.7. The highest BCUT2D eigenvalue weighted by Gasteiger charge is 2.39. The lowest BCUT2D eigenvalue weighted by Gasteiger charge is -2.15. The fraction of sp³-hybridized carbons (Fsp3) is 0.0435. The smallest absolute Gasteiger partial charge is 0.278 e. The number of nitrogens with zero attached hydrogens (tertiary/aromatic N) is 1. The van der Waals surface area contributed by atoms with Gasteiger partial charge in [0.1, 0.15) is 5.70 Å². The quantitative estimate of drug-likeness (QED) is 0.505. The third-order valence-corrected chi connectivity index (χ3v) is 5.32. The Morgan fingerprint density at radius 3 is 2.28 bits per heavy atom. The minimum absolute atomic E-state index is 0.175. The normalized spacial score (nSPS) is 13.9. The molecule has 0 fully saturated rings. The van der Waals surface area contributed by atoms with Gasteiger partial charge in [0.05, 0.1) is 12.1 Å². The van der Waals surface area contributed by atoms with Crippen molar-refractivity contribution in [1.29, 1.82) is 0 Å². The highest BCUT2D eigenvalue weighted by atomic mass is 79.9. The van der Waals surface area contributed by atoms with Crippen LogP contribution < -0.4 is 5.32 Å². The van der Waals surface area contributed by atoms with Crippen molar-refractivity contribution in [3.63, 3.8) is 0 Å². The number of carbonyl (C=O) groups is 2. The van der Waals surface area contributed by atoms with Crippen LogP contribution in [0.15, 0.2) is 89.0 Å². The molecule has 0 unspecified atom stereocenters. The molecule has 0 radical (unpaired) electrons. The molecule has 4 nitrogen and oxygen atoms in total. The summed E-state index contributed by atoms with van der Waals surface area (Å²) in [6.07, 6.45) is 0. The molecule has 1 heterocycles. The molecule has 1 N–H and O–H groups in total. The Labute approximate surface area is 181 Å². The summed E-state index contributed by atoms with van der Waals surface area (Å²) in [6.45, 7) is 0.175. The third kappa shape index (κ3) is 4.11. The van der Waals surface area contributed by atoms with Gasteiger partial charge in [-0.3, -0.25) is 14.5 Å². The van der Waals surface area contributed by atoms with Crippen molar-refractivity contribution >= 4 is 50.6 Å². The van der Waals surface area contributed by atoms with Crippen LogP contribution >= 0.6 is 27.5 Å². The number of halogens is 2. The molecule has 0 saturated carbocycles. The second-order valence-corrected chi connectivity index (χ2v) is 7.93. The number of benzene rings is 3. The Morgan fingerprint density at radius 2 is 1.59 bits per heavy atom. The standard InChI is InChI=1S/C23H16BrClN2O2/c24-17-7-4-8-19(13-17)26-21-20(16-5-2-1-3-6-16)22(28)27(23(21)29)14-15-9-11-18(25)12-10-15/h1-13,26H,14H2. The van der Waals surface area contributed by atoms with Crippen LogP contribution in [0, 0.1) is 0 Å². The molecule has 1 aliphatic rings. The van der Waals surface area contributed by atoms with Crippen LogP contribution in [0.25, 0.3) is 5.57 Å². The van der Waals surface area contributed by atoms with Gasteiger partial charge in [0.15, 0.2) is 0 Å². The van der Waals surface area contributed by atoms with E-state index in [1.54, 1.807) is 12.1 Å². The van der Waals surface area contributed by atoms with Crippen molar-refractivity contribution in [3.05, 3.63) is 105 Å². The zero-order valence-corrected chi connectivity index (χ0v) is 17.6. The van der Waals surface area contributed by atoms with Crippen LogP contribution in [0.2, 0.25) is 5.02 Å². The molecule has 0 saturated heterocycles. The van der Waals surface area contributed by atoms with Gasteiger partial charge in [-0.05, 0) is 41.5 Å². The first kappa shape index (κ1) is 19.4. The van der Waals surface area contributed by atoms with Crippen molar-refractivity contribution < 1.29 is 9.59 Å². The van der Waals surface area contributed by atoms with Crippen LogP contribution in [-0.2, 0) is 16.1 Å². The van der Waals surface area contributed by atoms with E-state index in [2.05, 4.69) is 21.2 Å². The van der Waals surface area contributed by atoms with Crippen LogP contribution in [0.5, 0.6) is 0 Å². The summed E-state index contributed by atoms with van der Waals surface area (Å²) in [6, 6.07) is 23.8. The van der Waals surface area contributed by atoms with Crippen LogP contribution in [0.4, 0.5) is 5.69 Å². The number of carbonyl (C=O) groups excluding carboxylic acids is 2. The molecule has 3 aromatic rings. The summed E-state index contributed by atoms with van der Waals surface area (Å²) >= 11 is 9.38. The van der Waals surface area contributed by atoms with E-state index in [4.69, 9.17) is 11.6 Å². The first-order valence-corrected chi connectivity index (χ1v) is 10.1. The minimum atomic E-state index is -0.358. The van der Waals surface area contributed by atoms with Gasteiger partial charge >= 0.3 is 0 Å². The Morgan fingerprint density at radius 1 is 0.862 bits per heavy atom. The summed E-state index contributed by atoms with van der Waals surface area (Å²) < 4.78 is 0.874. The molecule has 2 amide bonds. The van der Waals surface area contributed by atoms with Crippen molar-refractivity contribution in [2.75, 3.05) is 5.32 Å². The fourth-order valence-electron chi connectivity index (χ4n) is 3.19. The molecule has 29 heavy (non-hydrogen) atoms. The molecule has 1 aliphatic heterocycles. The maximum absolute atomic E-state index is 13.2. The van der Waals surface area contributed by atoms with Gasteiger partial charge in [0.2, 0.25) is 0 Å². The number of anilines is 1. The predicted molar refractivity (Wildman–Crippen MR) is 118 cm³/mol. The molecular weight excluding hydrogens is 452 g/mol. The number of hydrogen-bond acceptors (Lipinski definition) is 3. The fourth-order valence-corrected chi connectivity index (χ4v) is 3.72.